The second kappa shape index (κ2) is 19.0. The first kappa shape index (κ1) is 41.2. The zero-order valence-electron chi connectivity index (χ0n) is 33.0. The highest BCUT2D eigenvalue weighted by molar-refractivity contribution is 6.08. The van der Waals surface area contributed by atoms with Crippen LogP contribution in [0.15, 0.2) is 54.6 Å². The molecule has 3 amide bonds. The summed E-state index contributed by atoms with van der Waals surface area (Å²) in [5.74, 6) is 1.61. The van der Waals surface area contributed by atoms with E-state index in [1.54, 1.807) is 48.5 Å². The molecule has 0 spiro atoms. The smallest absolute Gasteiger partial charge is 0.255 e. The van der Waals surface area contributed by atoms with Crippen molar-refractivity contribution in [3.05, 3.63) is 76.9 Å². The third kappa shape index (κ3) is 13.1. The first-order chi connectivity index (χ1) is 25.1. The molecule has 10 nitrogen and oxygen atoms in total. The van der Waals surface area contributed by atoms with Crippen LogP contribution in [0.1, 0.15) is 118 Å². The van der Waals surface area contributed by atoms with E-state index in [4.69, 9.17) is 18.9 Å². The number of benzene rings is 3. The van der Waals surface area contributed by atoms with Crippen molar-refractivity contribution in [1.29, 1.82) is 0 Å². The molecule has 3 aromatic rings. The molecular formula is C43H59N3O7. The van der Waals surface area contributed by atoms with Gasteiger partial charge in [-0.2, -0.15) is 0 Å². The number of hydrogen-bond acceptors (Lipinski definition) is 7. The van der Waals surface area contributed by atoms with E-state index < -0.39 is 5.91 Å². The van der Waals surface area contributed by atoms with E-state index in [2.05, 4.69) is 22.9 Å². The molecule has 288 valence electrons. The summed E-state index contributed by atoms with van der Waals surface area (Å²) in [4.78, 5) is 40.3. The Labute approximate surface area is 315 Å². The molecule has 53 heavy (non-hydrogen) atoms. The van der Waals surface area contributed by atoms with Crippen LogP contribution in [0.25, 0.3) is 0 Å². The van der Waals surface area contributed by atoms with Gasteiger partial charge in [-0.15, -0.1) is 0 Å². The lowest BCUT2D eigenvalue weighted by molar-refractivity contribution is -0.0163. The predicted octanol–water partition coefficient (Wildman–Crippen LogP) is 9.07. The molecule has 0 unspecified atom stereocenters. The van der Waals surface area contributed by atoms with Gasteiger partial charge < -0.3 is 34.9 Å². The number of carbonyl (C=O) groups excluding carboxylic acids is 3. The van der Waals surface area contributed by atoms with Gasteiger partial charge in [0.1, 0.15) is 23.9 Å². The largest absolute Gasteiger partial charge is 0.491 e. The van der Waals surface area contributed by atoms with Crippen LogP contribution in [-0.2, 0) is 4.74 Å². The summed E-state index contributed by atoms with van der Waals surface area (Å²) < 4.78 is 23.9. The highest BCUT2D eigenvalue weighted by Gasteiger charge is 2.22. The summed E-state index contributed by atoms with van der Waals surface area (Å²) in [7, 11) is 0. The van der Waals surface area contributed by atoms with Crippen molar-refractivity contribution >= 4 is 29.1 Å². The molecule has 4 rings (SSSR count). The van der Waals surface area contributed by atoms with E-state index in [9.17, 15) is 14.4 Å². The molecule has 0 radical (unpaired) electrons. The lowest BCUT2D eigenvalue weighted by atomic mass is 9.87. The minimum absolute atomic E-state index is 0.151. The summed E-state index contributed by atoms with van der Waals surface area (Å²) in [6.45, 7) is 19.8. The highest BCUT2D eigenvalue weighted by Crippen LogP contribution is 2.31. The van der Waals surface area contributed by atoms with Crippen molar-refractivity contribution in [1.82, 2.24) is 5.32 Å². The zero-order valence-corrected chi connectivity index (χ0v) is 33.0. The van der Waals surface area contributed by atoms with Crippen LogP contribution >= 0.6 is 0 Å². The molecule has 0 atom stereocenters. The minimum atomic E-state index is -0.393. The molecule has 0 aromatic heterocycles. The van der Waals surface area contributed by atoms with Crippen molar-refractivity contribution in [2.24, 2.45) is 17.8 Å². The Kier molecular flexibility index (Phi) is 14.7. The number of anilines is 2. The number of aryl methyl sites for hydroxylation is 1. The fraction of sp³-hybridized carbons (Fsp3) is 0.512. The monoisotopic (exact) mass is 729 g/mol. The van der Waals surface area contributed by atoms with Crippen molar-refractivity contribution < 1.29 is 33.3 Å². The Morgan fingerprint density at radius 3 is 1.62 bits per heavy atom. The van der Waals surface area contributed by atoms with Gasteiger partial charge in [-0.25, -0.2) is 0 Å². The third-order valence-corrected chi connectivity index (χ3v) is 8.81. The number of ether oxygens (including phenoxy) is 4. The van der Waals surface area contributed by atoms with Crippen LogP contribution in [-0.4, -0.2) is 55.8 Å². The SMILES string of the molecule is Cc1ccc(C(=O)Nc2ccc(C(=O)Nc3ccc(C(=O)NC4CCC(C)CC4)cc3OCC(C)C)cc2OCC(C)C)cc1OCCOC(C)(C)C. The number of amides is 3. The molecule has 3 N–H and O–H groups in total. The van der Waals surface area contributed by atoms with Crippen LogP contribution in [0, 0.1) is 24.7 Å². The molecule has 0 bridgehead atoms. The molecule has 0 heterocycles. The average molecular weight is 730 g/mol. The van der Waals surface area contributed by atoms with Gasteiger partial charge in [0.15, 0.2) is 0 Å². The van der Waals surface area contributed by atoms with Crippen molar-refractivity contribution in [2.45, 2.75) is 99.6 Å². The molecule has 10 heteroatoms. The molecule has 0 aliphatic heterocycles. The van der Waals surface area contributed by atoms with E-state index in [1.165, 1.54) is 0 Å². The predicted molar refractivity (Wildman–Crippen MR) is 211 cm³/mol. The average Bonchev–Trinajstić information content (AvgIpc) is 3.10. The second-order valence-corrected chi connectivity index (χ2v) is 16.0. The third-order valence-electron chi connectivity index (χ3n) is 8.81. The van der Waals surface area contributed by atoms with Crippen molar-refractivity contribution in [3.8, 4) is 17.2 Å². The first-order valence-corrected chi connectivity index (χ1v) is 18.9. The number of rotatable bonds is 16. The Bertz CT molecular complexity index is 1700. The molecule has 1 fully saturated rings. The van der Waals surface area contributed by atoms with E-state index in [0.717, 1.165) is 31.2 Å². The Balaban J connectivity index is 1.50. The Morgan fingerprint density at radius 1 is 0.660 bits per heavy atom. The summed E-state index contributed by atoms with van der Waals surface area (Å²) in [6.07, 6.45) is 4.15. The highest BCUT2D eigenvalue weighted by atomic mass is 16.5. The van der Waals surface area contributed by atoms with Crippen molar-refractivity contribution in [3.63, 3.8) is 0 Å². The van der Waals surface area contributed by atoms with E-state index in [0.29, 0.717) is 77.7 Å². The van der Waals surface area contributed by atoms with E-state index >= 15 is 0 Å². The van der Waals surface area contributed by atoms with Gasteiger partial charge in [0.25, 0.3) is 17.7 Å². The fourth-order valence-electron chi connectivity index (χ4n) is 5.74. The van der Waals surface area contributed by atoms with Gasteiger partial charge in [-0.05, 0) is 125 Å². The maximum atomic E-state index is 13.7. The first-order valence-electron chi connectivity index (χ1n) is 18.9. The maximum Gasteiger partial charge on any atom is 0.255 e. The van der Waals surface area contributed by atoms with Crippen LogP contribution < -0.4 is 30.2 Å². The van der Waals surface area contributed by atoms with Gasteiger partial charge in [0.05, 0.1) is 36.8 Å². The Hall–Kier alpha value is -4.57. The van der Waals surface area contributed by atoms with Crippen LogP contribution in [0.5, 0.6) is 17.2 Å². The second-order valence-electron chi connectivity index (χ2n) is 16.0. The summed E-state index contributed by atoms with van der Waals surface area (Å²) in [6, 6.07) is 15.5. The lowest BCUT2D eigenvalue weighted by Gasteiger charge is -2.27. The molecular weight excluding hydrogens is 670 g/mol. The van der Waals surface area contributed by atoms with Crippen LogP contribution in [0.4, 0.5) is 11.4 Å². The van der Waals surface area contributed by atoms with E-state index in [-0.39, 0.29) is 35.3 Å². The molecule has 0 saturated heterocycles. The quantitative estimate of drug-likeness (QED) is 0.126. The molecule has 1 aliphatic rings. The molecule has 1 saturated carbocycles. The molecule has 3 aromatic carbocycles. The minimum Gasteiger partial charge on any atom is -0.491 e. The van der Waals surface area contributed by atoms with Crippen LogP contribution in [0.3, 0.4) is 0 Å². The van der Waals surface area contributed by atoms with Crippen molar-refractivity contribution in [2.75, 3.05) is 37.1 Å². The van der Waals surface area contributed by atoms with Gasteiger partial charge in [-0.1, -0.05) is 40.7 Å². The van der Waals surface area contributed by atoms with Crippen LogP contribution in [0.2, 0.25) is 0 Å². The normalized spacial score (nSPS) is 15.9. The Morgan fingerprint density at radius 2 is 1.13 bits per heavy atom. The maximum absolute atomic E-state index is 13.7. The topological polar surface area (TPSA) is 124 Å². The van der Waals surface area contributed by atoms with Gasteiger partial charge >= 0.3 is 0 Å². The van der Waals surface area contributed by atoms with Gasteiger partial charge in [0, 0.05) is 22.7 Å². The zero-order chi connectivity index (χ0) is 38.7. The summed E-state index contributed by atoms with van der Waals surface area (Å²) >= 11 is 0. The lowest BCUT2D eigenvalue weighted by Crippen LogP contribution is -2.37. The van der Waals surface area contributed by atoms with Gasteiger partial charge in [-0.3, -0.25) is 14.4 Å². The number of hydrogen-bond donors (Lipinski definition) is 3. The summed E-state index contributed by atoms with van der Waals surface area (Å²) in [5.41, 5.74) is 2.73. The standard InChI is InChI=1S/C43H59N3O7/c1-27(2)25-51-38-23-32(40(47)44-34-16-10-29(5)11-17-34)14-18-35(38)46-42(49)33-15-19-36(39(24-33)52-26-28(3)4)45-41(48)31-13-12-30(6)37(22-31)50-20-21-53-43(7,8)9/h12-15,18-19,22-24,27-29,34H,10-11,16-17,20-21,25-26H2,1-9H3,(H,44,47)(H,45,48)(H,46,49). The fourth-order valence-corrected chi connectivity index (χ4v) is 5.74. The number of carbonyl (C=O) groups is 3. The summed E-state index contributed by atoms with van der Waals surface area (Å²) in [5, 5.41) is 9.08. The van der Waals surface area contributed by atoms with E-state index in [1.807, 2.05) is 61.5 Å². The van der Waals surface area contributed by atoms with Gasteiger partial charge in [0.2, 0.25) is 0 Å². The molecule has 1 aliphatic carbocycles. The number of nitrogens with one attached hydrogen (secondary N) is 3.